The van der Waals surface area contributed by atoms with Crippen LogP contribution >= 0.6 is 0 Å². The highest BCUT2D eigenvalue weighted by atomic mass is 14.4. The molecule has 0 aliphatic heterocycles. The number of rotatable bonds is 2. The van der Waals surface area contributed by atoms with Crippen molar-refractivity contribution in [3.63, 3.8) is 0 Å². The summed E-state index contributed by atoms with van der Waals surface area (Å²) in [5.41, 5.74) is 2.23. The molecule has 2 aliphatic carbocycles. The van der Waals surface area contributed by atoms with Gasteiger partial charge in [0, 0.05) is 23.0 Å². The van der Waals surface area contributed by atoms with Crippen molar-refractivity contribution < 1.29 is 0 Å². The SMILES string of the molecule is CC(C)(C1C=CC=C1)C1C=CC(C#CC#Cc2ccccc2)=C1. The summed E-state index contributed by atoms with van der Waals surface area (Å²) in [6.45, 7) is 4.63. The molecule has 1 atom stereocenters. The van der Waals surface area contributed by atoms with E-state index in [1.807, 2.05) is 30.3 Å². The lowest BCUT2D eigenvalue weighted by molar-refractivity contribution is 0.252. The summed E-state index contributed by atoms with van der Waals surface area (Å²) in [5, 5.41) is 0. The van der Waals surface area contributed by atoms with Crippen molar-refractivity contribution in [3.05, 3.63) is 84.0 Å². The van der Waals surface area contributed by atoms with Crippen LogP contribution in [0.5, 0.6) is 0 Å². The molecule has 0 fully saturated rings. The van der Waals surface area contributed by atoms with E-state index in [9.17, 15) is 0 Å². The predicted molar refractivity (Wildman–Crippen MR) is 97.4 cm³/mol. The summed E-state index contributed by atoms with van der Waals surface area (Å²) in [6.07, 6.45) is 15.5. The van der Waals surface area contributed by atoms with Crippen LogP contribution in [0.2, 0.25) is 0 Å². The second-order valence-corrected chi connectivity index (χ2v) is 6.49. The third-order valence-electron chi connectivity index (χ3n) is 4.56. The van der Waals surface area contributed by atoms with Gasteiger partial charge in [-0.3, -0.25) is 0 Å². The first kappa shape index (κ1) is 15.2. The van der Waals surface area contributed by atoms with Crippen molar-refractivity contribution >= 4 is 0 Å². The van der Waals surface area contributed by atoms with Crippen molar-refractivity contribution in [2.45, 2.75) is 13.8 Å². The Labute approximate surface area is 139 Å². The van der Waals surface area contributed by atoms with Gasteiger partial charge in [-0.2, -0.15) is 0 Å². The predicted octanol–water partition coefficient (Wildman–Crippen LogP) is 4.92. The molecule has 0 heteroatoms. The van der Waals surface area contributed by atoms with Gasteiger partial charge in [0.2, 0.25) is 0 Å². The Morgan fingerprint density at radius 2 is 1.52 bits per heavy atom. The zero-order valence-corrected chi connectivity index (χ0v) is 13.6. The Hall–Kier alpha value is -2.70. The third kappa shape index (κ3) is 3.56. The van der Waals surface area contributed by atoms with E-state index in [1.54, 1.807) is 0 Å². The van der Waals surface area contributed by atoms with E-state index >= 15 is 0 Å². The van der Waals surface area contributed by atoms with Crippen LogP contribution in [0.15, 0.2) is 78.4 Å². The first-order chi connectivity index (χ1) is 11.2. The molecular weight excluding hydrogens is 276 g/mol. The van der Waals surface area contributed by atoms with Crippen molar-refractivity contribution in [3.8, 4) is 23.7 Å². The molecular formula is C23H20. The Morgan fingerprint density at radius 1 is 0.826 bits per heavy atom. The fraction of sp³-hybridized carbons (Fsp3) is 0.217. The standard InChI is InChI=1S/C23H20/c1-23(2,21-14-8-9-15-21)22-17-16-20(18-22)13-7-6-12-19-10-4-3-5-11-19/h3-5,8-11,14-18,21-22H,1-2H3. The summed E-state index contributed by atoms with van der Waals surface area (Å²) < 4.78 is 0. The van der Waals surface area contributed by atoms with E-state index in [2.05, 4.69) is 80.1 Å². The topological polar surface area (TPSA) is 0 Å². The van der Waals surface area contributed by atoms with Crippen LogP contribution in [-0.4, -0.2) is 0 Å². The minimum absolute atomic E-state index is 0.166. The quantitative estimate of drug-likeness (QED) is 0.679. The molecule has 1 aromatic rings. The molecule has 0 saturated carbocycles. The molecule has 0 radical (unpaired) electrons. The smallest absolute Gasteiger partial charge is 0.0255 e. The van der Waals surface area contributed by atoms with Gasteiger partial charge in [0.05, 0.1) is 0 Å². The molecule has 0 aromatic heterocycles. The molecule has 0 nitrogen and oxygen atoms in total. The monoisotopic (exact) mass is 296 g/mol. The minimum Gasteiger partial charge on any atom is -0.0771 e. The van der Waals surface area contributed by atoms with Crippen LogP contribution in [-0.2, 0) is 0 Å². The normalized spacial score (nSPS) is 19.0. The second kappa shape index (κ2) is 6.60. The number of hydrogen-bond acceptors (Lipinski definition) is 0. The highest BCUT2D eigenvalue weighted by Crippen LogP contribution is 2.42. The maximum absolute atomic E-state index is 3.16. The van der Waals surface area contributed by atoms with Gasteiger partial charge < -0.3 is 0 Å². The first-order valence-electron chi connectivity index (χ1n) is 7.98. The van der Waals surface area contributed by atoms with E-state index in [-0.39, 0.29) is 5.41 Å². The molecule has 112 valence electrons. The van der Waals surface area contributed by atoms with Crippen LogP contribution < -0.4 is 0 Å². The Kier molecular flexibility index (Phi) is 4.36. The summed E-state index contributed by atoms with van der Waals surface area (Å²) in [7, 11) is 0. The highest BCUT2D eigenvalue weighted by molar-refractivity contribution is 5.49. The van der Waals surface area contributed by atoms with E-state index in [0.717, 1.165) is 11.1 Å². The molecule has 0 spiro atoms. The van der Waals surface area contributed by atoms with E-state index < -0.39 is 0 Å². The first-order valence-corrected chi connectivity index (χ1v) is 7.98. The Morgan fingerprint density at radius 3 is 2.26 bits per heavy atom. The van der Waals surface area contributed by atoms with Crippen molar-refractivity contribution in [1.82, 2.24) is 0 Å². The van der Waals surface area contributed by atoms with Gasteiger partial charge in [0.15, 0.2) is 0 Å². The van der Waals surface area contributed by atoms with Crippen LogP contribution in [0.25, 0.3) is 0 Å². The molecule has 3 rings (SSSR count). The van der Waals surface area contributed by atoms with Crippen molar-refractivity contribution in [2.24, 2.45) is 17.3 Å². The van der Waals surface area contributed by atoms with Gasteiger partial charge in [0.1, 0.15) is 0 Å². The maximum atomic E-state index is 3.16. The summed E-state index contributed by atoms with van der Waals surface area (Å²) in [4.78, 5) is 0. The summed E-state index contributed by atoms with van der Waals surface area (Å²) in [5.74, 6) is 13.0. The molecule has 23 heavy (non-hydrogen) atoms. The van der Waals surface area contributed by atoms with Crippen LogP contribution in [0.3, 0.4) is 0 Å². The van der Waals surface area contributed by atoms with Gasteiger partial charge in [-0.15, -0.1) is 0 Å². The molecule has 0 bridgehead atoms. The lowest BCUT2D eigenvalue weighted by Gasteiger charge is -2.33. The Balaban J connectivity index is 1.69. The van der Waals surface area contributed by atoms with Gasteiger partial charge >= 0.3 is 0 Å². The van der Waals surface area contributed by atoms with E-state index in [0.29, 0.717) is 11.8 Å². The summed E-state index contributed by atoms with van der Waals surface area (Å²) >= 11 is 0. The lowest BCUT2D eigenvalue weighted by Crippen LogP contribution is -2.27. The molecule has 2 aliphatic rings. The van der Waals surface area contributed by atoms with Crippen LogP contribution in [0, 0.1) is 40.9 Å². The zero-order valence-electron chi connectivity index (χ0n) is 13.6. The number of hydrogen-bond donors (Lipinski definition) is 0. The highest BCUT2D eigenvalue weighted by Gasteiger charge is 2.34. The molecule has 0 heterocycles. The van der Waals surface area contributed by atoms with E-state index in [4.69, 9.17) is 0 Å². The average Bonchev–Trinajstić information content (AvgIpc) is 3.24. The van der Waals surface area contributed by atoms with E-state index in [1.165, 1.54) is 0 Å². The lowest BCUT2D eigenvalue weighted by atomic mass is 9.70. The average molecular weight is 296 g/mol. The second-order valence-electron chi connectivity index (χ2n) is 6.49. The minimum atomic E-state index is 0.166. The number of benzene rings is 1. The molecule has 0 amide bonds. The largest absolute Gasteiger partial charge is 0.0771 e. The summed E-state index contributed by atoms with van der Waals surface area (Å²) in [6, 6.07) is 9.94. The van der Waals surface area contributed by atoms with Gasteiger partial charge in [-0.25, -0.2) is 0 Å². The molecule has 1 unspecified atom stereocenters. The maximum Gasteiger partial charge on any atom is 0.0255 e. The number of allylic oxidation sites excluding steroid dienone is 8. The molecule has 1 aromatic carbocycles. The zero-order chi connectivity index (χ0) is 16.1. The molecule has 0 N–H and O–H groups in total. The van der Waals surface area contributed by atoms with Gasteiger partial charge in [0.25, 0.3) is 0 Å². The van der Waals surface area contributed by atoms with Gasteiger partial charge in [-0.05, 0) is 29.4 Å². The van der Waals surface area contributed by atoms with Crippen molar-refractivity contribution in [2.75, 3.05) is 0 Å². The van der Waals surface area contributed by atoms with Crippen LogP contribution in [0.4, 0.5) is 0 Å². The fourth-order valence-corrected chi connectivity index (χ4v) is 2.94. The van der Waals surface area contributed by atoms with Crippen molar-refractivity contribution in [1.29, 1.82) is 0 Å². The third-order valence-corrected chi connectivity index (χ3v) is 4.56. The fourth-order valence-electron chi connectivity index (χ4n) is 2.94. The Bertz CT molecular complexity index is 794. The van der Waals surface area contributed by atoms with Gasteiger partial charge in [-0.1, -0.05) is 86.4 Å². The molecule has 0 saturated heterocycles. The van der Waals surface area contributed by atoms with Crippen LogP contribution in [0.1, 0.15) is 19.4 Å².